The quantitative estimate of drug-likeness (QED) is 0.563. The summed E-state index contributed by atoms with van der Waals surface area (Å²) in [6.45, 7) is 4.63. The van der Waals surface area contributed by atoms with E-state index in [1.165, 1.54) is 12.7 Å². The molecule has 0 radical (unpaired) electrons. The van der Waals surface area contributed by atoms with Gasteiger partial charge in [-0.2, -0.15) is 0 Å². The number of ether oxygens (including phenoxy) is 1. The molecule has 0 fully saturated rings. The lowest BCUT2D eigenvalue weighted by Gasteiger charge is -2.05. The van der Waals surface area contributed by atoms with Gasteiger partial charge in [0.25, 0.3) is 0 Å². The molecule has 0 aliphatic heterocycles. The Balaban J connectivity index is 2.03. The van der Waals surface area contributed by atoms with Gasteiger partial charge in [-0.3, -0.25) is 0 Å². The van der Waals surface area contributed by atoms with E-state index in [1.807, 2.05) is 0 Å². The highest BCUT2D eigenvalue weighted by atomic mass is 35.5. The van der Waals surface area contributed by atoms with Gasteiger partial charge in [-0.15, -0.1) is 0 Å². The Morgan fingerprint density at radius 2 is 2.12 bits per heavy atom. The molecule has 0 saturated heterocycles. The van der Waals surface area contributed by atoms with Crippen molar-refractivity contribution in [2.45, 2.75) is 26.2 Å². The van der Waals surface area contributed by atoms with Gasteiger partial charge < -0.3 is 10.1 Å². The maximum absolute atomic E-state index is 5.73. The summed E-state index contributed by atoms with van der Waals surface area (Å²) in [6.07, 6.45) is 4.72. The molecule has 1 aromatic rings. The molecule has 0 aliphatic carbocycles. The smallest absolute Gasteiger partial charge is 0.134 e. The van der Waals surface area contributed by atoms with Crippen LogP contribution in [-0.4, -0.2) is 29.7 Å². The molecule has 0 spiro atoms. The highest BCUT2D eigenvalue weighted by molar-refractivity contribution is 6.29. The lowest BCUT2D eigenvalue weighted by Crippen LogP contribution is -2.07. The summed E-state index contributed by atoms with van der Waals surface area (Å²) in [6, 6.07) is 1.71. The van der Waals surface area contributed by atoms with Crippen LogP contribution >= 0.6 is 11.6 Å². The molecule has 5 heteroatoms. The molecule has 1 heterocycles. The van der Waals surface area contributed by atoms with Gasteiger partial charge in [0.2, 0.25) is 0 Å². The lowest BCUT2D eigenvalue weighted by molar-refractivity contribution is 0.131. The van der Waals surface area contributed by atoms with Crippen molar-refractivity contribution >= 4 is 17.4 Å². The van der Waals surface area contributed by atoms with E-state index in [0.717, 1.165) is 38.4 Å². The largest absolute Gasteiger partial charge is 0.381 e. The van der Waals surface area contributed by atoms with Crippen molar-refractivity contribution in [3.8, 4) is 0 Å². The van der Waals surface area contributed by atoms with Crippen molar-refractivity contribution in [3.05, 3.63) is 17.5 Å². The fourth-order valence-corrected chi connectivity index (χ4v) is 1.32. The third-order valence-corrected chi connectivity index (χ3v) is 2.25. The second-order valence-electron chi connectivity index (χ2n) is 3.47. The first kappa shape index (κ1) is 13.2. The van der Waals surface area contributed by atoms with E-state index in [9.17, 15) is 0 Å². The zero-order valence-electron chi connectivity index (χ0n) is 9.58. The Hall–Kier alpha value is -0.870. The highest BCUT2D eigenvalue weighted by Crippen LogP contribution is 2.08. The summed E-state index contributed by atoms with van der Waals surface area (Å²) in [5, 5.41) is 3.62. The summed E-state index contributed by atoms with van der Waals surface area (Å²) in [5.74, 6) is 0.758. The van der Waals surface area contributed by atoms with E-state index in [1.54, 1.807) is 6.07 Å². The molecule has 4 nitrogen and oxygen atoms in total. The van der Waals surface area contributed by atoms with Crippen molar-refractivity contribution < 1.29 is 4.74 Å². The van der Waals surface area contributed by atoms with Gasteiger partial charge in [0.15, 0.2) is 0 Å². The molecule has 0 aliphatic rings. The predicted octanol–water partition coefficient (Wildman–Crippen LogP) is 2.75. The second kappa shape index (κ2) is 8.30. The van der Waals surface area contributed by atoms with Crippen LogP contribution < -0.4 is 5.32 Å². The maximum Gasteiger partial charge on any atom is 0.134 e. The number of hydrogen-bond donors (Lipinski definition) is 1. The average molecular weight is 244 g/mol. The molecule has 0 unspecified atom stereocenters. The molecule has 1 N–H and O–H groups in total. The number of aromatic nitrogens is 2. The minimum absolute atomic E-state index is 0.455. The van der Waals surface area contributed by atoms with Crippen molar-refractivity contribution in [1.29, 1.82) is 0 Å². The Bertz CT molecular complexity index is 296. The van der Waals surface area contributed by atoms with E-state index in [0.29, 0.717) is 5.15 Å². The molecule has 16 heavy (non-hydrogen) atoms. The molecule has 1 aromatic heterocycles. The standard InChI is InChI=1S/C11H18ClN3O/c1-2-3-6-16-7-4-5-13-11-8-10(12)14-9-15-11/h8-9H,2-7H2,1H3,(H,13,14,15). The van der Waals surface area contributed by atoms with Crippen molar-refractivity contribution in [3.63, 3.8) is 0 Å². The van der Waals surface area contributed by atoms with Crippen LogP contribution in [0.2, 0.25) is 5.15 Å². The van der Waals surface area contributed by atoms with Crippen LogP contribution in [0.25, 0.3) is 0 Å². The summed E-state index contributed by atoms with van der Waals surface area (Å²) in [7, 11) is 0. The molecule has 0 saturated carbocycles. The predicted molar refractivity (Wildman–Crippen MR) is 65.9 cm³/mol. The van der Waals surface area contributed by atoms with E-state index >= 15 is 0 Å². The molecule has 1 rings (SSSR count). The van der Waals surface area contributed by atoms with Crippen LogP contribution in [0.3, 0.4) is 0 Å². The summed E-state index contributed by atoms with van der Waals surface area (Å²) >= 11 is 5.73. The number of rotatable bonds is 8. The highest BCUT2D eigenvalue weighted by Gasteiger charge is 1.95. The summed E-state index contributed by atoms with van der Waals surface area (Å²) in [5.41, 5.74) is 0. The lowest BCUT2D eigenvalue weighted by atomic mass is 10.3. The Labute approximate surface area is 101 Å². The Morgan fingerprint density at radius 3 is 2.88 bits per heavy atom. The zero-order valence-corrected chi connectivity index (χ0v) is 10.3. The van der Waals surface area contributed by atoms with E-state index < -0.39 is 0 Å². The Kier molecular flexibility index (Phi) is 6.85. The monoisotopic (exact) mass is 243 g/mol. The second-order valence-corrected chi connectivity index (χ2v) is 3.86. The number of unbranched alkanes of at least 4 members (excludes halogenated alkanes) is 1. The fourth-order valence-electron chi connectivity index (χ4n) is 1.17. The molecular weight excluding hydrogens is 226 g/mol. The minimum Gasteiger partial charge on any atom is -0.381 e. The third kappa shape index (κ3) is 5.88. The number of hydrogen-bond acceptors (Lipinski definition) is 4. The van der Waals surface area contributed by atoms with Gasteiger partial charge in [0.1, 0.15) is 17.3 Å². The minimum atomic E-state index is 0.455. The van der Waals surface area contributed by atoms with Crippen LogP contribution in [0.4, 0.5) is 5.82 Å². The molecule has 0 bridgehead atoms. The topological polar surface area (TPSA) is 47.0 Å². The van der Waals surface area contributed by atoms with Gasteiger partial charge in [0.05, 0.1) is 0 Å². The van der Waals surface area contributed by atoms with Crippen molar-refractivity contribution in [2.75, 3.05) is 25.1 Å². The van der Waals surface area contributed by atoms with Gasteiger partial charge in [-0.1, -0.05) is 24.9 Å². The van der Waals surface area contributed by atoms with Crippen LogP contribution in [0, 0.1) is 0 Å². The molecular formula is C11H18ClN3O. The van der Waals surface area contributed by atoms with Gasteiger partial charge in [-0.05, 0) is 12.8 Å². The number of anilines is 1. The van der Waals surface area contributed by atoms with Crippen molar-refractivity contribution in [2.24, 2.45) is 0 Å². The first-order chi connectivity index (χ1) is 7.83. The van der Waals surface area contributed by atoms with Gasteiger partial charge in [0, 0.05) is 25.8 Å². The summed E-state index contributed by atoms with van der Waals surface area (Å²) in [4.78, 5) is 7.85. The van der Waals surface area contributed by atoms with Crippen LogP contribution in [0.15, 0.2) is 12.4 Å². The first-order valence-corrected chi connectivity index (χ1v) is 6.00. The van der Waals surface area contributed by atoms with Crippen molar-refractivity contribution in [1.82, 2.24) is 9.97 Å². The van der Waals surface area contributed by atoms with E-state index in [-0.39, 0.29) is 0 Å². The van der Waals surface area contributed by atoms with Crippen LogP contribution in [0.1, 0.15) is 26.2 Å². The van der Waals surface area contributed by atoms with Crippen LogP contribution in [-0.2, 0) is 4.74 Å². The molecule has 0 atom stereocenters. The summed E-state index contributed by atoms with van der Waals surface area (Å²) < 4.78 is 5.44. The molecule has 90 valence electrons. The van der Waals surface area contributed by atoms with Gasteiger partial charge in [-0.25, -0.2) is 9.97 Å². The molecule has 0 aromatic carbocycles. The van der Waals surface area contributed by atoms with Crippen LogP contribution in [0.5, 0.6) is 0 Å². The first-order valence-electron chi connectivity index (χ1n) is 5.62. The van der Waals surface area contributed by atoms with Gasteiger partial charge >= 0.3 is 0 Å². The third-order valence-electron chi connectivity index (χ3n) is 2.05. The number of halogens is 1. The fraction of sp³-hybridized carbons (Fsp3) is 0.636. The maximum atomic E-state index is 5.73. The average Bonchev–Trinajstić information content (AvgIpc) is 2.28. The molecule has 0 amide bonds. The SMILES string of the molecule is CCCCOCCCNc1cc(Cl)ncn1. The zero-order chi connectivity index (χ0) is 11.6. The number of nitrogens with one attached hydrogen (secondary N) is 1. The Morgan fingerprint density at radius 1 is 1.31 bits per heavy atom. The van der Waals surface area contributed by atoms with E-state index in [2.05, 4.69) is 22.2 Å². The number of nitrogens with zero attached hydrogens (tertiary/aromatic N) is 2. The normalized spacial score (nSPS) is 10.4. The van der Waals surface area contributed by atoms with E-state index in [4.69, 9.17) is 16.3 Å².